The Morgan fingerprint density at radius 2 is 1.29 bits per heavy atom. The zero-order chi connectivity index (χ0) is 38.7. The fraction of sp³-hybridized carbons (Fsp3) is 0.567. The van der Waals surface area contributed by atoms with Gasteiger partial charge in [0.25, 0.3) is 0 Å². The number of hydrogen-bond acceptors (Lipinski definition) is 14. The number of nitrogens with zero attached hydrogens (tertiary/aromatic N) is 5. The van der Waals surface area contributed by atoms with Gasteiger partial charge < -0.3 is 31.1 Å². The van der Waals surface area contributed by atoms with E-state index in [9.17, 15) is 52.8 Å². The predicted octanol–water partition coefficient (Wildman–Crippen LogP) is -0.748. The zero-order valence-electron chi connectivity index (χ0n) is 28.3. The minimum Gasteiger partial charge on any atom is -0.480 e. The van der Waals surface area contributed by atoms with Crippen LogP contribution in [0.2, 0.25) is 0 Å². The summed E-state index contributed by atoms with van der Waals surface area (Å²) >= 11 is 9.78. The van der Waals surface area contributed by atoms with Crippen LogP contribution in [0.5, 0.6) is 0 Å². The molecule has 0 aliphatic carbocycles. The fourth-order valence-corrected chi connectivity index (χ4v) is 6.63. The summed E-state index contributed by atoms with van der Waals surface area (Å²) in [5, 5.41) is 46.6. The molecule has 288 valence electrons. The average molecular weight is 789 g/mol. The highest BCUT2D eigenvalue weighted by atomic mass is 32.2. The van der Waals surface area contributed by atoms with Gasteiger partial charge in [0.05, 0.1) is 36.2 Å². The van der Waals surface area contributed by atoms with E-state index in [2.05, 4.69) is 33.0 Å². The molecule has 1 aromatic carbocycles. The van der Waals surface area contributed by atoms with Gasteiger partial charge in [-0.2, -0.15) is 4.99 Å². The Labute approximate surface area is 311 Å². The first kappa shape index (κ1) is 44.0. The van der Waals surface area contributed by atoms with E-state index in [1.54, 1.807) is 29.2 Å². The number of carboxylic acids is 4. The van der Waals surface area contributed by atoms with E-state index in [4.69, 9.17) is 12.2 Å². The SMILES string of the molecule is O=C(O)CN1CCN(CC(=O)O)CCN(C(CCC(=O)NS(=O)(=O)CCCNC(=S)Nc2ccc(N=C=S)cc2)C(=O)O)CCN(CC(=O)O)CC1. The van der Waals surface area contributed by atoms with Crippen molar-refractivity contribution in [1.29, 1.82) is 0 Å². The number of isothiocyanates is 1. The Morgan fingerprint density at radius 1 is 0.808 bits per heavy atom. The molecular weight excluding hydrogens is 745 g/mol. The third-order valence-corrected chi connectivity index (χ3v) is 9.47. The van der Waals surface area contributed by atoms with Crippen molar-refractivity contribution in [1.82, 2.24) is 29.6 Å². The molecule has 1 saturated heterocycles. The summed E-state index contributed by atoms with van der Waals surface area (Å²) in [5.74, 6) is -6.02. The number of sulfonamides is 1. The molecule has 1 aliphatic rings. The van der Waals surface area contributed by atoms with Gasteiger partial charge in [0, 0.05) is 71.0 Å². The van der Waals surface area contributed by atoms with Crippen molar-refractivity contribution in [3.8, 4) is 0 Å². The molecule has 1 heterocycles. The standard InChI is InChI=1S/C30H44N8O11S3/c39-25(34-52(48,49)17-1-8-31-30(51)33-23-4-2-22(3-5-23)32-21-50)7-6-24(29(46)47)38-15-13-36(19-27(42)43)11-9-35(18-26(40)41)10-12-37(14-16-38)20-28(44)45/h2-5,24H,1,6-20H2,(H,34,39)(H,40,41)(H,42,43)(H,44,45)(H,46,47)(H2,31,33,51). The number of amides is 1. The van der Waals surface area contributed by atoms with Crippen LogP contribution in [0.25, 0.3) is 0 Å². The van der Waals surface area contributed by atoms with Crippen molar-refractivity contribution in [2.45, 2.75) is 25.3 Å². The summed E-state index contributed by atoms with van der Waals surface area (Å²) in [6.07, 6.45) is -0.664. The van der Waals surface area contributed by atoms with Crippen LogP contribution in [-0.2, 0) is 34.0 Å². The lowest BCUT2D eigenvalue weighted by molar-refractivity contribution is -0.145. The maximum absolute atomic E-state index is 12.7. The lowest BCUT2D eigenvalue weighted by atomic mass is 10.1. The molecule has 1 amide bonds. The minimum absolute atomic E-state index is 0.0153. The van der Waals surface area contributed by atoms with E-state index in [-0.39, 0.29) is 83.4 Å². The first-order valence-electron chi connectivity index (χ1n) is 16.1. The summed E-state index contributed by atoms with van der Waals surface area (Å²) in [4.78, 5) is 69.5. The number of anilines is 1. The van der Waals surface area contributed by atoms with E-state index in [1.807, 2.05) is 4.72 Å². The number of rotatable bonds is 18. The van der Waals surface area contributed by atoms with E-state index < -0.39 is 71.1 Å². The number of aliphatic imine (C=N–C) groups is 1. The number of thiocarbonyl (C=S) groups is 2. The molecule has 0 spiro atoms. The van der Waals surface area contributed by atoms with Gasteiger partial charge in [-0.1, -0.05) is 0 Å². The fourth-order valence-electron chi connectivity index (χ4n) is 5.23. The number of aliphatic carboxylic acids is 4. The lowest BCUT2D eigenvalue weighted by Gasteiger charge is -2.35. The monoisotopic (exact) mass is 788 g/mol. The van der Waals surface area contributed by atoms with Crippen LogP contribution in [0, 0.1) is 0 Å². The molecule has 19 nitrogen and oxygen atoms in total. The van der Waals surface area contributed by atoms with Crippen LogP contribution in [0.4, 0.5) is 11.4 Å². The normalized spacial score (nSPS) is 16.2. The van der Waals surface area contributed by atoms with Gasteiger partial charge in [-0.05, 0) is 61.5 Å². The van der Waals surface area contributed by atoms with Gasteiger partial charge >= 0.3 is 23.9 Å². The summed E-state index contributed by atoms with van der Waals surface area (Å²) in [7, 11) is -4.07. The van der Waals surface area contributed by atoms with Crippen LogP contribution in [0.15, 0.2) is 29.3 Å². The van der Waals surface area contributed by atoms with E-state index in [1.165, 1.54) is 14.7 Å². The summed E-state index contributed by atoms with van der Waals surface area (Å²) < 4.78 is 27.1. The highest BCUT2D eigenvalue weighted by Gasteiger charge is 2.29. The Bertz CT molecular complexity index is 1530. The van der Waals surface area contributed by atoms with Gasteiger partial charge in [-0.25, -0.2) is 8.42 Å². The molecular formula is C30H44N8O11S3. The quantitative estimate of drug-likeness (QED) is 0.0548. The molecule has 1 unspecified atom stereocenters. The number of benzene rings is 1. The molecule has 1 fully saturated rings. The highest BCUT2D eigenvalue weighted by molar-refractivity contribution is 7.90. The van der Waals surface area contributed by atoms with Crippen LogP contribution in [0.3, 0.4) is 0 Å². The van der Waals surface area contributed by atoms with E-state index in [0.717, 1.165) is 0 Å². The van der Waals surface area contributed by atoms with Gasteiger partial charge in [0.1, 0.15) is 6.04 Å². The summed E-state index contributed by atoms with van der Waals surface area (Å²) in [5.41, 5.74) is 1.27. The van der Waals surface area contributed by atoms with Crippen LogP contribution >= 0.6 is 24.4 Å². The molecule has 1 aliphatic heterocycles. The van der Waals surface area contributed by atoms with Crippen LogP contribution in [-0.4, -0.2) is 179 Å². The smallest absolute Gasteiger partial charge is 0.320 e. The number of hydrogen-bond donors (Lipinski definition) is 7. The van der Waals surface area contributed by atoms with Crippen molar-refractivity contribution in [3.63, 3.8) is 0 Å². The summed E-state index contributed by atoms with van der Waals surface area (Å²) in [6, 6.07) is 5.54. The Morgan fingerprint density at radius 3 is 1.73 bits per heavy atom. The molecule has 22 heteroatoms. The average Bonchev–Trinajstić information content (AvgIpc) is 3.04. The van der Waals surface area contributed by atoms with E-state index >= 15 is 0 Å². The molecule has 7 N–H and O–H groups in total. The minimum atomic E-state index is -4.07. The Hall–Kier alpha value is -4.15. The van der Waals surface area contributed by atoms with Gasteiger partial charge in [0.15, 0.2) is 5.11 Å². The molecule has 0 radical (unpaired) electrons. The first-order chi connectivity index (χ1) is 24.6. The molecule has 2 rings (SSSR count). The molecule has 52 heavy (non-hydrogen) atoms. The number of carbonyl (C=O) groups excluding carboxylic acids is 1. The third kappa shape index (κ3) is 18.4. The van der Waals surface area contributed by atoms with Crippen molar-refractivity contribution in [3.05, 3.63) is 24.3 Å². The van der Waals surface area contributed by atoms with Gasteiger partial charge in [0.2, 0.25) is 15.9 Å². The second-order valence-electron chi connectivity index (χ2n) is 11.8. The second-order valence-corrected chi connectivity index (χ2v) is 14.2. The highest BCUT2D eigenvalue weighted by Crippen LogP contribution is 2.15. The van der Waals surface area contributed by atoms with Gasteiger partial charge in [-0.3, -0.25) is 48.3 Å². The molecule has 0 saturated carbocycles. The first-order valence-corrected chi connectivity index (χ1v) is 18.6. The number of carboxylic acid groups (broad SMARTS) is 4. The van der Waals surface area contributed by atoms with Crippen molar-refractivity contribution >= 4 is 85.9 Å². The largest absolute Gasteiger partial charge is 0.480 e. The van der Waals surface area contributed by atoms with Crippen molar-refractivity contribution < 1.29 is 52.8 Å². The summed E-state index contributed by atoms with van der Waals surface area (Å²) in [6.45, 7) is -0.182. The Kier molecular flexibility index (Phi) is 19.2. The van der Waals surface area contributed by atoms with Crippen molar-refractivity contribution in [2.75, 3.05) is 89.6 Å². The maximum Gasteiger partial charge on any atom is 0.320 e. The number of nitrogens with one attached hydrogen (secondary N) is 3. The molecule has 1 atom stereocenters. The third-order valence-electron chi connectivity index (χ3n) is 7.76. The lowest BCUT2D eigenvalue weighted by Crippen LogP contribution is -2.52. The second kappa shape index (κ2) is 22.7. The molecule has 1 aromatic rings. The number of carbonyl (C=O) groups is 5. The van der Waals surface area contributed by atoms with Crippen LogP contribution in [0.1, 0.15) is 19.3 Å². The van der Waals surface area contributed by atoms with Crippen LogP contribution < -0.4 is 15.4 Å². The molecule has 0 bridgehead atoms. The maximum atomic E-state index is 12.7. The van der Waals surface area contributed by atoms with Gasteiger partial charge in [-0.15, -0.1) is 0 Å². The van der Waals surface area contributed by atoms with Crippen molar-refractivity contribution in [2.24, 2.45) is 4.99 Å². The predicted molar refractivity (Wildman–Crippen MR) is 196 cm³/mol. The topological polar surface area (TPSA) is 262 Å². The Balaban J connectivity index is 1.99. The van der Waals surface area contributed by atoms with E-state index in [0.29, 0.717) is 11.4 Å². The molecule has 0 aromatic heterocycles. The zero-order valence-corrected chi connectivity index (χ0v) is 30.8.